The maximum absolute atomic E-state index is 12.8. The van der Waals surface area contributed by atoms with Crippen molar-refractivity contribution in [3.63, 3.8) is 0 Å². The van der Waals surface area contributed by atoms with Crippen LogP contribution in [0.1, 0.15) is 12.5 Å². The fourth-order valence-electron chi connectivity index (χ4n) is 2.68. The van der Waals surface area contributed by atoms with Gasteiger partial charge in [-0.05, 0) is 30.7 Å². The third kappa shape index (κ3) is 6.33. The molecule has 2 aromatic carbocycles. The van der Waals surface area contributed by atoms with E-state index < -0.39 is 22.0 Å². The van der Waals surface area contributed by atoms with E-state index in [9.17, 15) is 13.2 Å². The highest BCUT2D eigenvalue weighted by Gasteiger charge is 2.30. The lowest BCUT2D eigenvalue weighted by molar-refractivity contribution is -0.116. The molecule has 7 nitrogen and oxygen atoms in total. The summed E-state index contributed by atoms with van der Waals surface area (Å²) in [7, 11) is -3.78. The average Bonchev–Trinajstić information content (AvgIpc) is 3.16. The van der Waals surface area contributed by atoms with Gasteiger partial charge in [-0.25, -0.2) is 8.42 Å². The molecule has 0 aliphatic heterocycles. The van der Waals surface area contributed by atoms with Crippen molar-refractivity contribution < 1.29 is 13.2 Å². The Morgan fingerprint density at radius 2 is 1.87 bits per heavy atom. The quantitative estimate of drug-likeness (QED) is 0.337. The Labute approximate surface area is 198 Å². The van der Waals surface area contributed by atoms with E-state index in [4.69, 9.17) is 23.2 Å². The number of hydrogen-bond acceptors (Lipinski definition) is 7. The van der Waals surface area contributed by atoms with Crippen LogP contribution in [0.3, 0.4) is 0 Å². The predicted octanol–water partition coefficient (Wildman–Crippen LogP) is 4.93. The fourth-order valence-corrected chi connectivity index (χ4v) is 5.85. The molecule has 1 heterocycles. The van der Waals surface area contributed by atoms with E-state index in [0.29, 0.717) is 4.34 Å². The van der Waals surface area contributed by atoms with E-state index in [2.05, 4.69) is 15.5 Å². The van der Waals surface area contributed by atoms with E-state index in [1.807, 2.05) is 30.3 Å². The van der Waals surface area contributed by atoms with E-state index in [1.54, 1.807) is 0 Å². The summed E-state index contributed by atoms with van der Waals surface area (Å²) in [6.45, 7) is 1.48. The average molecular weight is 517 g/mol. The van der Waals surface area contributed by atoms with Crippen LogP contribution >= 0.6 is 46.3 Å². The lowest BCUT2D eigenvalue weighted by Crippen LogP contribution is -2.45. The zero-order valence-corrected chi connectivity index (χ0v) is 20.4. The Balaban J connectivity index is 1.71. The molecule has 0 aliphatic carbocycles. The second-order valence-corrected chi connectivity index (χ2v) is 11.3. The third-order valence-electron chi connectivity index (χ3n) is 4.09. The first-order valence-electron chi connectivity index (χ1n) is 8.90. The molecular formula is C19H18Cl2N4O3S3. The molecule has 0 saturated heterocycles. The number of halogens is 2. The van der Waals surface area contributed by atoms with Gasteiger partial charge in [-0.1, -0.05) is 76.6 Å². The summed E-state index contributed by atoms with van der Waals surface area (Å²) >= 11 is 14.7. The van der Waals surface area contributed by atoms with Crippen molar-refractivity contribution in [3.8, 4) is 0 Å². The van der Waals surface area contributed by atoms with Crippen molar-refractivity contribution in [1.82, 2.24) is 10.2 Å². The summed E-state index contributed by atoms with van der Waals surface area (Å²) in [5, 5.41) is 11.4. The summed E-state index contributed by atoms with van der Waals surface area (Å²) < 4.78 is 26.5. The highest BCUT2D eigenvalue weighted by Crippen LogP contribution is 2.31. The first-order chi connectivity index (χ1) is 14.6. The number of amides is 1. The van der Waals surface area contributed by atoms with Gasteiger partial charge < -0.3 is 0 Å². The molecule has 0 spiro atoms. The smallest absolute Gasteiger partial charge is 0.249 e. The summed E-state index contributed by atoms with van der Waals surface area (Å²) in [5.41, 5.74) is 1.38. The van der Waals surface area contributed by atoms with Crippen molar-refractivity contribution >= 4 is 73.0 Å². The maximum atomic E-state index is 12.8. The number of aromatic nitrogens is 2. The van der Waals surface area contributed by atoms with E-state index in [1.165, 1.54) is 48.2 Å². The lowest BCUT2D eigenvalue weighted by atomic mass is 10.2. The van der Waals surface area contributed by atoms with Gasteiger partial charge in [0.05, 0.1) is 22.0 Å². The Bertz CT molecular complexity index is 1170. The number of nitrogens with zero attached hydrogens (tertiary/aromatic N) is 3. The number of anilines is 2. The molecule has 31 heavy (non-hydrogen) atoms. The van der Waals surface area contributed by atoms with Gasteiger partial charge in [0.25, 0.3) is 0 Å². The zero-order valence-electron chi connectivity index (χ0n) is 16.5. The van der Waals surface area contributed by atoms with Crippen LogP contribution < -0.4 is 9.62 Å². The molecule has 1 atom stereocenters. The van der Waals surface area contributed by atoms with Crippen molar-refractivity contribution in [2.45, 2.75) is 23.1 Å². The molecule has 1 amide bonds. The molecule has 164 valence electrons. The monoisotopic (exact) mass is 516 g/mol. The summed E-state index contributed by atoms with van der Waals surface area (Å²) in [6.07, 6.45) is 1.02. The van der Waals surface area contributed by atoms with Crippen LogP contribution in [0.5, 0.6) is 0 Å². The SMILES string of the molecule is C[C@@H](C(=O)Nc1nnc(SCc2ccccc2)s1)N(c1ccc(Cl)c(Cl)c1)S(C)(=O)=O. The molecule has 12 heteroatoms. The van der Waals surface area contributed by atoms with Crippen molar-refractivity contribution in [2.24, 2.45) is 0 Å². The van der Waals surface area contributed by atoms with E-state index in [-0.39, 0.29) is 20.9 Å². The van der Waals surface area contributed by atoms with Crippen LogP contribution in [0.25, 0.3) is 0 Å². The van der Waals surface area contributed by atoms with Gasteiger partial charge in [-0.2, -0.15) is 0 Å². The number of carbonyl (C=O) groups excluding carboxylic acids is 1. The predicted molar refractivity (Wildman–Crippen MR) is 128 cm³/mol. The first kappa shape index (κ1) is 23.8. The number of nitrogens with one attached hydrogen (secondary N) is 1. The van der Waals surface area contributed by atoms with Gasteiger partial charge in [0, 0.05) is 5.75 Å². The maximum Gasteiger partial charge on any atom is 0.249 e. The number of sulfonamides is 1. The number of rotatable bonds is 8. The minimum Gasteiger partial charge on any atom is -0.299 e. The Hall–Kier alpha value is -1.85. The molecule has 1 aromatic heterocycles. The van der Waals surface area contributed by atoms with Crippen LogP contribution in [0.4, 0.5) is 10.8 Å². The number of hydrogen-bond donors (Lipinski definition) is 1. The fraction of sp³-hybridized carbons (Fsp3) is 0.211. The number of benzene rings is 2. The third-order valence-corrected chi connectivity index (χ3v) is 8.11. The highest BCUT2D eigenvalue weighted by molar-refractivity contribution is 8.00. The summed E-state index contributed by atoms with van der Waals surface area (Å²) in [6, 6.07) is 13.2. The highest BCUT2D eigenvalue weighted by atomic mass is 35.5. The van der Waals surface area contributed by atoms with Gasteiger partial charge in [0.1, 0.15) is 6.04 Å². The minimum absolute atomic E-state index is 0.185. The second-order valence-electron chi connectivity index (χ2n) is 6.47. The van der Waals surface area contributed by atoms with Crippen molar-refractivity contribution in [2.75, 3.05) is 15.9 Å². The van der Waals surface area contributed by atoms with Crippen LogP contribution in [0, 0.1) is 0 Å². The largest absolute Gasteiger partial charge is 0.299 e. The number of carbonyl (C=O) groups is 1. The van der Waals surface area contributed by atoms with Crippen LogP contribution in [-0.4, -0.2) is 36.8 Å². The molecule has 0 bridgehead atoms. The van der Waals surface area contributed by atoms with Gasteiger partial charge in [0.15, 0.2) is 4.34 Å². The molecule has 0 radical (unpaired) electrons. The van der Waals surface area contributed by atoms with Gasteiger partial charge >= 0.3 is 0 Å². The topological polar surface area (TPSA) is 92.3 Å². The van der Waals surface area contributed by atoms with E-state index >= 15 is 0 Å². The Morgan fingerprint density at radius 3 is 2.52 bits per heavy atom. The Morgan fingerprint density at radius 1 is 1.16 bits per heavy atom. The minimum atomic E-state index is -3.78. The first-order valence-corrected chi connectivity index (χ1v) is 13.3. The summed E-state index contributed by atoms with van der Waals surface area (Å²) in [5.74, 6) is 0.172. The lowest BCUT2D eigenvalue weighted by Gasteiger charge is -2.28. The summed E-state index contributed by atoms with van der Waals surface area (Å²) in [4.78, 5) is 12.8. The molecular weight excluding hydrogens is 499 g/mol. The standard InChI is InChI=1S/C19H18Cl2N4O3S3/c1-12(25(31(2,27)28)14-8-9-15(20)16(21)10-14)17(26)22-18-23-24-19(30-18)29-11-13-6-4-3-5-7-13/h3-10,12H,11H2,1-2H3,(H,22,23,26)/t12-/m0/s1. The molecule has 1 N–H and O–H groups in total. The number of thioether (sulfide) groups is 1. The van der Waals surface area contributed by atoms with Crippen molar-refractivity contribution in [3.05, 3.63) is 64.1 Å². The molecule has 3 aromatic rings. The molecule has 3 rings (SSSR count). The van der Waals surface area contributed by atoms with Gasteiger partial charge in [-0.3, -0.25) is 14.4 Å². The molecule has 0 aliphatic rings. The van der Waals surface area contributed by atoms with Gasteiger partial charge in [0.2, 0.25) is 21.1 Å². The molecule has 0 fully saturated rings. The zero-order chi connectivity index (χ0) is 22.6. The van der Waals surface area contributed by atoms with Gasteiger partial charge in [-0.15, -0.1) is 10.2 Å². The van der Waals surface area contributed by atoms with Crippen LogP contribution in [0.2, 0.25) is 10.0 Å². The van der Waals surface area contributed by atoms with Crippen LogP contribution in [-0.2, 0) is 20.6 Å². The van der Waals surface area contributed by atoms with Crippen LogP contribution in [0.15, 0.2) is 52.9 Å². The van der Waals surface area contributed by atoms with E-state index in [0.717, 1.165) is 21.9 Å². The molecule has 0 saturated carbocycles. The van der Waals surface area contributed by atoms with Crippen molar-refractivity contribution in [1.29, 1.82) is 0 Å². The second kappa shape index (κ2) is 10.2. The molecule has 0 unspecified atom stereocenters. The Kier molecular flexibility index (Phi) is 7.82. The normalized spacial score (nSPS) is 12.4.